The number of methoxy groups -OCH3 is 1. The first-order valence-corrected chi connectivity index (χ1v) is 13.6. The van der Waals surface area contributed by atoms with Gasteiger partial charge < -0.3 is 30.2 Å². The third-order valence-corrected chi connectivity index (χ3v) is 4.72. The van der Waals surface area contributed by atoms with Crippen LogP contribution < -0.4 is 62.7 Å². The van der Waals surface area contributed by atoms with E-state index in [4.69, 9.17) is 51.5 Å². The van der Waals surface area contributed by atoms with Crippen LogP contribution in [0.1, 0.15) is 11.1 Å². The van der Waals surface area contributed by atoms with Crippen molar-refractivity contribution in [1.82, 2.24) is 16.0 Å². The molecule has 3 rings (SSSR count). The van der Waals surface area contributed by atoms with Crippen LogP contribution in [-0.4, -0.2) is 52.6 Å². The number of rotatable bonds is 1. The smallest absolute Gasteiger partial charge is 0.490 e. The number of benzene rings is 2. The van der Waals surface area contributed by atoms with Crippen molar-refractivity contribution in [3.8, 4) is 11.5 Å². The van der Waals surface area contributed by atoms with Gasteiger partial charge in [0.25, 0.3) is 0 Å². The van der Waals surface area contributed by atoms with Gasteiger partial charge in [0, 0.05) is 57.5 Å². The normalized spacial score (nSPS) is 15.9. The van der Waals surface area contributed by atoms with Gasteiger partial charge >= 0.3 is 19.5 Å². The first kappa shape index (κ1) is 37.8. The molecule has 14 nitrogen and oxygen atoms in total. The third kappa shape index (κ3) is 22.2. The summed E-state index contributed by atoms with van der Waals surface area (Å²) in [6.07, 6.45) is -0.148. The van der Waals surface area contributed by atoms with E-state index in [9.17, 15) is 0 Å². The van der Waals surface area contributed by atoms with Gasteiger partial charge in [-0.25, -0.2) is 37.3 Å². The molecule has 2 aromatic rings. The molecule has 1 aliphatic heterocycles. The van der Waals surface area contributed by atoms with Crippen LogP contribution >= 0.6 is 0 Å². The Labute approximate surface area is 243 Å². The van der Waals surface area contributed by atoms with E-state index >= 15 is 0 Å². The fourth-order valence-electron chi connectivity index (χ4n) is 3.06. The molecule has 0 unspecified atom stereocenters. The fourth-order valence-corrected chi connectivity index (χ4v) is 3.06. The molecule has 0 atom stereocenters. The molecule has 0 saturated heterocycles. The first-order chi connectivity index (χ1) is 17.9. The second-order valence-corrected chi connectivity index (χ2v) is 9.07. The van der Waals surface area contributed by atoms with Crippen molar-refractivity contribution in [3.63, 3.8) is 0 Å². The van der Waals surface area contributed by atoms with Crippen molar-refractivity contribution in [1.29, 1.82) is 0 Å². The van der Waals surface area contributed by atoms with Gasteiger partial charge in [0.1, 0.15) is 30.8 Å². The van der Waals surface area contributed by atoms with E-state index in [0.29, 0.717) is 13.2 Å². The Hall–Kier alpha value is -1.24. The van der Waals surface area contributed by atoms with Crippen molar-refractivity contribution in [2.45, 2.75) is 19.2 Å². The summed E-state index contributed by atoms with van der Waals surface area (Å²) in [6.45, 7) is 6.10. The number of ether oxygens (including phenoxy) is 3. The summed E-state index contributed by atoms with van der Waals surface area (Å²) in [5.74, 6) is 1.77. The average molecular weight is 650 g/mol. The zero-order chi connectivity index (χ0) is 28.4. The number of hydrogen-bond acceptors (Lipinski definition) is 14. The van der Waals surface area contributed by atoms with Crippen LogP contribution in [0.3, 0.4) is 0 Å². The Balaban J connectivity index is 0.00000113. The summed E-state index contributed by atoms with van der Waals surface area (Å²) in [4.78, 5) is 0. The largest absolute Gasteiger partial charge is 2.00 e. The molecule has 0 bridgehead atoms. The average Bonchev–Trinajstić information content (AvgIpc) is 2.82. The van der Waals surface area contributed by atoms with Gasteiger partial charge in [0.15, 0.2) is 0 Å². The Kier molecular flexibility index (Phi) is 20.0. The van der Waals surface area contributed by atoms with Crippen molar-refractivity contribution in [2.24, 2.45) is 0 Å². The molecule has 0 fully saturated rings. The number of para-hydroxylation sites is 2. The van der Waals surface area contributed by atoms with Crippen molar-refractivity contribution >= 4 is 0 Å². The Morgan fingerprint density at radius 1 is 0.641 bits per heavy atom. The van der Waals surface area contributed by atoms with Gasteiger partial charge in [-0.3, -0.25) is 0 Å². The van der Waals surface area contributed by atoms with Crippen LogP contribution in [-0.2, 0) is 37.3 Å². The summed E-state index contributed by atoms with van der Waals surface area (Å²) >= 11 is 0. The second-order valence-electron chi connectivity index (χ2n) is 7.55. The Morgan fingerprint density at radius 3 is 1.33 bits per heavy atom. The SMILES string of the molecule is COC1COc2ccccc2CNCCNCCNCc2ccccc2OC1.[O-][Cl+3]([O-])([O-])[O-].[O-][Cl+3]([O-])([O-])[O-].[Zn+2]. The maximum Gasteiger partial charge on any atom is 2.00 e. The summed E-state index contributed by atoms with van der Waals surface area (Å²) in [6, 6.07) is 16.2. The zero-order valence-electron chi connectivity index (χ0n) is 21.3. The third-order valence-electron chi connectivity index (χ3n) is 4.72. The first-order valence-electron chi connectivity index (χ1n) is 11.2. The number of nitrogens with one attached hydrogen (secondary N) is 3. The van der Waals surface area contributed by atoms with Crippen molar-refractivity contribution < 1.29 is 91.4 Å². The minimum absolute atomic E-state index is 0. The minimum Gasteiger partial charge on any atom is -0.490 e. The molecule has 0 aliphatic carbocycles. The summed E-state index contributed by atoms with van der Waals surface area (Å²) in [5, 5.41) is 10.4. The van der Waals surface area contributed by atoms with Gasteiger partial charge in [-0.2, -0.15) is 0 Å². The molecule has 1 heterocycles. The van der Waals surface area contributed by atoms with Crippen LogP contribution in [0.25, 0.3) is 0 Å². The maximum absolute atomic E-state index is 8.49. The van der Waals surface area contributed by atoms with E-state index in [1.54, 1.807) is 7.11 Å². The molecule has 2 aromatic carbocycles. The predicted octanol–water partition coefficient (Wildman–Crippen LogP) is -7.57. The molecule has 0 amide bonds. The topological polar surface area (TPSA) is 248 Å². The number of hydrogen-bond donors (Lipinski definition) is 3. The van der Waals surface area contributed by atoms with Crippen molar-refractivity contribution in [3.05, 3.63) is 59.7 Å². The standard InChI is InChI=1S/C22H31N3O3.2ClHO4.Zn/c1-26-20-16-27-21-8-4-2-6-18(21)14-24-12-10-23-11-13-25-15-19-7-3-5-9-22(19)28-17-20;2*2-1(3,4)5;/h2-9,20,23-25H,10-17H2,1H3;2*(H,2,3,4,5);/q;;;+2/p-2. The van der Waals surface area contributed by atoms with Gasteiger partial charge in [-0.15, -0.1) is 20.5 Å². The molecule has 216 valence electrons. The predicted molar refractivity (Wildman–Crippen MR) is 111 cm³/mol. The van der Waals surface area contributed by atoms with Crippen LogP contribution in [0.5, 0.6) is 11.5 Å². The molecule has 17 heteroatoms. The van der Waals surface area contributed by atoms with E-state index < -0.39 is 20.5 Å². The number of halogens is 2. The quantitative estimate of drug-likeness (QED) is 0.243. The molecule has 0 saturated carbocycles. The van der Waals surface area contributed by atoms with Crippen LogP contribution in [0.15, 0.2) is 48.5 Å². The molecule has 0 spiro atoms. The molecule has 0 radical (unpaired) electrons. The molecular weight excluding hydrogens is 619 g/mol. The minimum atomic E-state index is -4.94. The molecule has 3 N–H and O–H groups in total. The monoisotopic (exact) mass is 647 g/mol. The molecule has 1 aliphatic rings. The second kappa shape index (κ2) is 20.6. The van der Waals surface area contributed by atoms with Gasteiger partial charge in [0.2, 0.25) is 0 Å². The van der Waals surface area contributed by atoms with Crippen LogP contribution in [0.2, 0.25) is 0 Å². The van der Waals surface area contributed by atoms with Crippen LogP contribution in [0.4, 0.5) is 0 Å². The maximum atomic E-state index is 8.49. The van der Waals surface area contributed by atoms with E-state index in [-0.39, 0.29) is 25.6 Å². The molecule has 39 heavy (non-hydrogen) atoms. The summed E-state index contributed by atoms with van der Waals surface area (Å²) in [5.41, 5.74) is 2.29. The molecule has 0 aromatic heterocycles. The van der Waals surface area contributed by atoms with E-state index in [2.05, 4.69) is 28.1 Å². The van der Waals surface area contributed by atoms with Crippen molar-refractivity contribution in [2.75, 3.05) is 46.5 Å². The van der Waals surface area contributed by atoms with Crippen LogP contribution in [0, 0.1) is 20.5 Å². The number of fused-ring (bicyclic) bond motifs is 2. The Bertz CT molecular complexity index is 827. The van der Waals surface area contributed by atoms with Gasteiger partial charge in [-0.05, 0) is 12.1 Å². The molecular formula is C22H31Cl2N3O11Zn. The van der Waals surface area contributed by atoms with E-state index in [1.807, 2.05) is 36.4 Å². The summed E-state index contributed by atoms with van der Waals surface area (Å²) < 4.78 is 85.6. The van der Waals surface area contributed by atoms with E-state index in [1.165, 1.54) is 0 Å². The summed E-state index contributed by atoms with van der Waals surface area (Å²) in [7, 11) is -8.20. The van der Waals surface area contributed by atoms with Gasteiger partial charge in [0.05, 0.1) is 0 Å². The fraction of sp³-hybridized carbons (Fsp3) is 0.455. The Morgan fingerprint density at radius 2 is 0.974 bits per heavy atom. The zero-order valence-corrected chi connectivity index (χ0v) is 25.8. The van der Waals surface area contributed by atoms with E-state index in [0.717, 1.165) is 61.9 Å². The van der Waals surface area contributed by atoms with Gasteiger partial charge in [-0.1, -0.05) is 36.4 Å².